The summed E-state index contributed by atoms with van der Waals surface area (Å²) in [7, 11) is 0. The minimum absolute atomic E-state index is 0. The fourth-order valence-corrected chi connectivity index (χ4v) is 3.71. The Bertz CT molecular complexity index is 683. The molecule has 1 aromatic rings. The van der Waals surface area contributed by atoms with E-state index in [-0.39, 0.29) is 24.4 Å². The molecule has 1 fully saturated rings. The first-order chi connectivity index (χ1) is 11.8. The van der Waals surface area contributed by atoms with Crippen molar-refractivity contribution in [1.29, 1.82) is 0 Å². The highest BCUT2D eigenvalue weighted by atomic mass is 35.5. The van der Waals surface area contributed by atoms with Crippen molar-refractivity contribution in [3.63, 3.8) is 0 Å². The number of halogens is 2. The summed E-state index contributed by atoms with van der Waals surface area (Å²) in [5.74, 6) is 0.975. The molecule has 1 aliphatic heterocycles. The average molecular weight is 405 g/mol. The van der Waals surface area contributed by atoms with Crippen molar-refractivity contribution in [3.8, 4) is 11.5 Å². The number of nitrogens with two attached hydrogens (primary N) is 1. The van der Waals surface area contributed by atoms with Crippen molar-refractivity contribution in [1.82, 2.24) is 5.32 Å². The van der Waals surface area contributed by atoms with E-state index in [1.165, 1.54) is 0 Å². The Morgan fingerprint density at radius 3 is 2.73 bits per heavy atom. The van der Waals surface area contributed by atoms with Gasteiger partial charge in [0.15, 0.2) is 11.5 Å². The van der Waals surface area contributed by atoms with Gasteiger partial charge < -0.3 is 25.3 Å². The monoisotopic (exact) mass is 404 g/mol. The fraction of sp³-hybridized carbons (Fsp3) is 0.611. The van der Waals surface area contributed by atoms with Crippen LogP contribution in [0.5, 0.6) is 11.5 Å². The Morgan fingerprint density at radius 2 is 2.08 bits per heavy atom. The summed E-state index contributed by atoms with van der Waals surface area (Å²) in [6.45, 7) is 7.78. The van der Waals surface area contributed by atoms with Crippen LogP contribution in [-0.4, -0.2) is 37.4 Å². The summed E-state index contributed by atoms with van der Waals surface area (Å²) in [5, 5.41) is 3.40. The van der Waals surface area contributed by atoms with Crippen molar-refractivity contribution >= 4 is 29.9 Å². The van der Waals surface area contributed by atoms with Crippen LogP contribution < -0.4 is 20.5 Å². The smallest absolute Gasteiger partial charge is 0.241 e. The topological polar surface area (TPSA) is 82.8 Å². The number of nitrogens with one attached hydrogen (secondary N) is 1. The van der Waals surface area contributed by atoms with E-state index in [0.717, 1.165) is 5.56 Å². The third kappa shape index (κ3) is 3.48. The van der Waals surface area contributed by atoms with E-state index in [9.17, 15) is 4.79 Å². The molecular weight excluding hydrogens is 379 g/mol. The lowest BCUT2D eigenvalue weighted by atomic mass is 9.54. The zero-order valence-electron chi connectivity index (χ0n) is 15.3. The molecule has 0 spiro atoms. The zero-order chi connectivity index (χ0) is 18.2. The van der Waals surface area contributed by atoms with Gasteiger partial charge in [0.1, 0.15) is 18.8 Å². The second-order valence-corrected chi connectivity index (χ2v) is 7.53. The van der Waals surface area contributed by atoms with E-state index in [0.29, 0.717) is 49.3 Å². The van der Waals surface area contributed by atoms with Crippen LogP contribution in [0.15, 0.2) is 12.1 Å². The van der Waals surface area contributed by atoms with Crippen molar-refractivity contribution in [3.05, 3.63) is 22.7 Å². The molecule has 146 valence electrons. The van der Waals surface area contributed by atoms with Gasteiger partial charge >= 0.3 is 0 Å². The molecule has 6 nitrogen and oxygen atoms in total. The number of carbonyl (C=O) groups is 1. The van der Waals surface area contributed by atoms with Crippen molar-refractivity contribution in [2.24, 2.45) is 11.1 Å². The van der Waals surface area contributed by atoms with E-state index < -0.39 is 11.0 Å². The highest BCUT2D eigenvalue weighted by Crippen LogP contribution is 2.49. The quantitative estimate of drug-likeness (QED) is 0.787. The van der Waals surface area contributed by atoms with Gasteiger partial charge in [-0.15, -0.1) is 12.4 Å². The Hall–Kier alpha value is -1.21. The molecule has 3 rings (SSSR count). The third-order valence-corrected chi connectivity index (χ3v) is 5.63. The largest absolute Gasteiger partial charge is 0.486 e. The van der Waals surface area contributed by atoms with Crippen LogP contribution in [0.4, 0.5) is 0 Å². The first-order valence-corrected chi connectivity index (χ1v) is 8.94. The molecule has 1 heterocycles. The number of ether oxygens (including phenoxy) is 3. The number of hydrogen-bond donors (Lipinski definition) is 2. The van der Waals surface area contributed by atoms with Gasteiger partial charge in [-0.25, -0.2) is 0 Å². The average Bonchev–Trinajstić information content (AvgIpc) is 2.59. The maximum Gasteiger partial charge on any atom is 0.241 e. The Morgan fingerprint density at radius 1 is 1.38 bits per heavy atom. The van der Waals surface area contributed by atoms with Gasteiger partial charge in [-0.2, -0.15) is 0 Å². The van der Waals surface area contributed by atoms with Gasteiger partial charge in [-0.3, -0.25) is 4.79 Å². The predicted molar refractivity (Wildman–Crippen MR) is 102 cm³/mol. The molecule has 2 atom stereocenters. The highest BCUT2D eigenvalue weighted by Gasteiger charge is 2.62. The maximum absolute atomic E-state index is 12.7. The normalized spacial score (nSPS) is 25.7. The van der Waals surface area contributed by atoms with Crippen molar-refractivity contribution in [2.75, 3.05) is 19.8 Å². The van der Waals surface area contributed by atoms with Gasteiger partial charge in [0, 0.05) is 25.0 Å². The third-order valence-electron chi connectivity index (χ3n) is 5.34. The fourth-order valence-electron chi connectivity index (χ4n) is 3.43. The van der Waals surface area contributed by atoms with Gasteiger partial charge in [0.25, 0.3) is 0 Å². The van der Waals surface area contributed by atoms with Crippen LogP contribution in [0.25, 0.3) is 0 Å². The van der Waals surface area contributed by atoms with Crippen molar-refractivity contribution in [2.45, 2.75) is 45.4 Å². The van der Waals surface area contributed by atoms with E-state index in [1.807, 2.05) is 26.8 Å². The molecule has 0 radical (unpaired) electrons. The van der Waals surface area contributed by atoms with Crippen LogP contribution in [0.3, 0.4) is 0 Å². The second kappa shape index (κ2) is 7.80. The van der Waals surface area contributed by atoms with Gasteiger partial charge in [-0.05, 0) is 24.6 Å². The molecule has 1 saturated carbocycles. The van der Waals surface area contributed by atoms with Crippen molar-refractivity contribution < 1.29 is 19.0 Å². The number of rotatable bonds is 5. The standard InChI is InChI=1S/C18H25ClN2O4.ClH/c1-4-23-14-9-18(20,17(14,2)3)16(22)21-10-11-7-12(19)15-13(8-11)24-5-6-25-15;/h7-8,14H,4-6,9-10,20H2,1-3H3,(H,21,22);1H. The summed E-state index contributed by atoms with van der Waals surface area (Å²) in [6.07, 6.45) is 0.513. The lowest BCUT2D eigenvalue weighted by molar-refractivity contribution is -0.170. The second-order valence-electron chi connectivity index (χ2n) is 7.13. The SMILES string of the molecule is CCOC1CC(N)(C(=O)NCc2cc(Cl)c3c(c2)OCCO3)C1(C)C.Cl. The minimum Gasteiger partial charge on any atom is -0.486 e. The Labute approximate surface area is 165 Å². The molecule has 1 amide bonds. The molecule has 0 saturated heterocycles. The minimum atomic E-state index is -0.940. The van der Waals surface area contributed by atoms with E-state index in [4.69, 9.17) is 31.5 Å². The van der Waals surface area contributed by atoms with Gasteiger partial charge in [-0.1, -0.05) is 25.4 Å². The van der Waals surface area contributed by atoms with E-state index >= 15 is 0 Å². The lowest BCUT2D eigenvalue weighted by Crippen LogP contribution is -2.75. The molecule has 1 aliphatic carbocycles. The number of fused-ring (bicyclic) bond motifs is 1. The highest BCUT2D eigenvalue weighted by molar-refractivity contribution is 6.32. The van der Waals surface area contributed by atoms with Crippen LogP contribution in [-0.2, 0) is 16.1 Å². The molecule has 0 bridgehead atoms. The number of amides is 1. The summed E-state index contributed by atoms with van der Waals surface area (Å²) >= 11 is 6.23. The zero-order valence-corrected chi connectivity index (χ0v) is 16.8. The Kier molecular flexibility index (Phi) is 6.33. The van der Waals surface area contributed by atoms with E-state index in [2.05, 4.69) is 5.32 Å². The molecule has 3 N–H and O–H groups in total. The molecule has 26 heavy (non-hydrogen) atoms. The Balaban J connectivity index is 0.00000243. The van der Waals surface area contributed by atoms with E-state index in [1.54, 1.807) is 6.07 Å². The number of hydrogen-bond acceptors (Lipinski definition) is 5. The first-order valence-electron chi connectivity index (χ1n) is 8.56. The predicted octanol–water partition coefficient (Wildman–Crippen LogP) is 2.68. The molecule has 0 aromatic heterocycles. The number of benzene rings is 1. The molecule has 8 heteroatoms. The molecule has 2 unspecified atom stereocenters. The maximum atomic E-state index is 12.7. The first kappa shape index (κ1) is 21.1. The van der Waals surface area contributed by atoms with Crippen LogP contribution in [0, 0.1) is 5.41 Å². The molecular formula is C18H26Cl2N2O4. The van der Waals surface area contributed by atoms with Crippen LogP contribution in [0.2, 0.25) is 5.02 Å². The van der Waals surface area contributed by atoms with Crippen LogP contribution >= 0.6 is 24.0 Å². The summed E-state index contributed by atoms with van der Waals surface area (Å²) < 4.78 is 16.7. The van der Waals surface area contributed by atoms with Gasteiger partial charge in [0.2, 0.25) is 5.91 Å². The molecule has 2 aliphatic rings. The summed E-state index contributed by atoms with van der Waals surface area (Å²) in [5.41, 5.74) is 5.87. The van der Waals surface area contributed by atoms with Gasteiger partial charge in [0.05, 0.1) is 11.1 Å². The lowest BCUT2D eigenvalue weighted by Gasteiger charge is -2.57. The number of carbonyl (C=O) groups excluding carboxylic acids is 1. The van der Waals surface area contributed by atoms with Crippen LogP contribution in [0.1, 0.15) is 32.8 Å². The summed E-state index contributed by atoms with van der Waals surface area (Å²) in [6, 6.07) is 3.60. The summed E-state index contributed by atoms with van der Waals surface area (Å²) in [4.78, 5) is 12.7. The molecule has 1 aromatic carbocycles.